The second kappa shape index (κ2) is 7.58. The number of nitrogens with zero attached hydrogens (tertiary/aromatic N) is 2. The lowest BCUT2D eigenvalue weighted by atomic mass is 10.1. The summed E-state index contributed by atoms with van der Waals surface area (Å²) in [6, 6.07) is 15.2. The van der Waals surface area contributed by atoms with Gasteiger partial charge < -0.3 is 9.47 Å². The van der Waals surface area contributed by atoms with E-state index in [0.717, 1.165) is 11.3 Å². The van der Waals surface area contributed by atoms with Crippen LogP contribution in [0, 0.1) is 0 Å². The number of benzene rings is 2. The van der Waals surface area contributed by atoms with Crippen molar-refractivity contribution in [3.05, 3.63) is 60.8 Å². The molecule has 1 aromatic heterocycles. The van der Waals surface area contributed by atoms with Gasteiger partial charge in [-0.05, 0) is 67.4 Å². The molecule has 3 aromatic rings. The molecule has 4 nitrogen and oxygen atoms in total. The first-order valence-electron chi connectivity index (χ1n) is 9.15. The Bertz CT molecular complexity index is 912. The largest absolute Gasteiger partial charge is 0.573 e. The molecule has 0 amide bonds. The van der Waals surface area contributed by atoms with Gasteiger partial charge in [0.05, 0.1) is 11.7 Å². The topological polar surface area (TPSA) is 36.3 Å². The van der Waals surface area contributed by atoms with E-state index in [1.165, 1.54) is 49.9 Å². The Morgan fingerprint density at radius 2 is 1.39 bits per heavy atom. The summed E-state index contributed by atoms with van der Waals surface area (Å²) in [7, 11) is 0. The lowest BCUT2D eigenvalue weighted by Gasteiger charge is -2.10. The fraction of sp³-hybridized carbons (Fsp3) is 0.286. The monoisotopic (exact) mass is 388 g/mol. The summed E-state index contributed by atoms with van der Waals surface area (Å²) in [5.74, 6) is 0.726. The Morgan fingerprint density at radius 3 is 2.00 bits per heavy atom. The van der Waals surface area contributed by atoms with E-state index in [1.807, 2.05) is 36.5 Å². The lowest BCUT2D eigenvalue weighted by Crippen LogP contribution is -2.16. The number of halogens is 3. The van der Waals surface area contributed by atoms with Gasteiger partial charge in [-0.1, -0.05) is 12.8 Å². The van der Waals surface area contributed by atoms with Gasteiger partial charge in [-0.25, -0.2) is 0 Å². The average molecular weight is 388 g/mol. The Labute approximate surface area is 160 Å². The summed E-state index contributed by atoms with van der Waals surface area (Å²) in [5.41, 5.74) is 1.89. The van der Waals surface area contributed by atoms with Gasteiger partial charge in [-0.2, -0.15) is 5.10 Å². The summed E-state index contributed by atoms with van der Waals surface area (Å²) in [4.78, 5) is 0. The highest BCUT2D eigenvalue weighted by Crippen LogP contribution is 2.31. The molecule has 1 saturated carbocycles. The highest BCUT2D eigenvalue weighted by molar-refractivity contribution is 5.59. The third-order valence-electron chi connectivity index (χ3n) is 4.75. The van der Waals surface area contributed by atoms with Crippen molar-refractivity contribution in [2.75, 3.05) is 0 Å². The van der Waals surface area contributed by atoms with E-state index < -0.39 is 6.36 Å². The summed E-state index contributed by atoms with van der Waals surface area (Å²) in [6.45, 7) is 0. The Hall–Kier alpha value is -2.96. The molecule has 0 spiro atoms. The molecule has 1 heterocycles. The lowest BCUT2D eigenvalue weighted by molar-refractivity contribution is -0.274. The number of aromatic nitrogens is 2. The van der Waals surface area contributed by atoms with Crippen LogP contribution in [0.25, 0.3) is 11.3 Å². The van der Waals surface area contributed by atoms with Crippen molar-refractivity contribution in [3.8, 4) is 28.5 Å². The Kier molecular flexibility index (Phi) is 4.98. The molecular weight excluding hydrogens is 369 g/mol. The first-order chi connectivity index (χ1) is 13.5. The maximum atomic E-state index is 12.2. The molecule has 0 aliphatic heterocycles. The predicted molar refractivity (Wildman–Crippen MR) is 98.4 cm³/mol. The van der Waals surface area contributed by atoms with E-state index in [0.29, 0.717) is 17.5 Å². The van der Waals surface area contributed by atoms with Gasteiger partial charge in [-0.15, -0.1) is 13.2 Å². The van der Waals surface area contributed by atoms with Gasteiger partial charge >= 0.3 is 6.36 Å². The van der Waals surface area contributed by atoms with Gasteiger partial charge in [0.1, 0.15) is 17.2 Å². The third kappa shape index (κ3) is 4.47. The normalized spacial score (nSPS) is 15.0. The molecule has 0 saturated heterocycles. The third-order valence-corrected chi connectivity index (χ3v) is 4.75. The van der Waals surface area contributed by atoms with E-state index in [9.17, 15) is 13.2 Å². The zero-order chi connectivity index (χ0) is 19.6. The quantitative estimate of drug-likeness (QED) is 0.510. The van der Waals surface area contributed by atoms with Crippen LogP contribution in [-0.4, -0.2) is 16.1 Å². The highest BCUT2D eigenvalue weighted by atomic mass is 19.4. The van der Waals surface area contributed by atoms with E-state index in [2.05, 4.69) is 14.5 Å². The van der Waals surface area contributed by atoms with Crippen molar-refractivity contribution < 1.29 is 22.6 Å². The van der Waals surface area contributed by atoms with E-state index >= 15 is 0 Å². The molecule has 1 fully saturated rings. The van der Waals surface area contributed by atoms with Crippen molar-refractivity contribution in [2.45, 2.75) is 38.1 Å². The average Bonchev–Trinajstić information content (AvgIpc) is 3.34. The summed E-state index contributed by atoms with van der Waals surface area (Å²) in [6.07, 6.45) is 2.20. The van der Waals surface area contributed by atoms with Gasteiger partial charge in [0.15, 0.2) is 0 Å². The minimum atomic E-state index is -4.71. The van der Waals surface area contributed by atoms with Crippen LogP contribution in [0.1, 0.15) is 31.7 Å². The predicted octanol–water partition coefficient (Wildman–Crippen LogP) is 6.36. The summed E-state index contributed by atoms with van der Waals surface area (Å²) >= 11 is 0. The highest BCUT2D eigenvalue weighted by Gasteiger charge is 2.31. The smallest absolute Gasteiger partial charge is 0.457 e. The maximum Gasteiger partial charge on any atom is 0.573 e. The zero-order valence-electron chi connectivity index (χ0n) is 15.0. The molecule has 0 unspecified atom stereocenters. The molecule has 0 radical (unpaired) electrons. The van der Waals surface area contributed by atoms with Crippen molar-refractivity contribution >= 4 is 0 Å². The standard InChI is InChI=1S/C21H19F3N2O2/c22-21(23,24)28-19-11-9-18(10-12-19)27-17-7-5-15(6-8-17)20-13-14-26(25-20)16-3-1-2-4-16/h5-14,16H,1-4H2. The molecule has 1 aliphatic carbocycles. The molecule has 28 heavy (non-hydrogen) atoms. The first kappa shape index (κ1) is 18.4. The second-order valence-corrected chi connectivity index (χ2v) is 6.76. The van der Waals surface area contributed by atoms with Crippen molar-refractivity contribution in [1.82, 2.24) is 9.78 Å². The molecule has 146 valence electrons. The van der Waals surface area contributed by atoms with Crippen LogP contribution >= 0.6 is 0 Å². The van der Waals surface area contributed by atoms with Gasteiger partial charge in [0.2, 0.25) is 0 Å². The van der Waals surface area contributed by atoms with E-state index in [1.54, 1.807) is 0 Å². The fourth-order valence-electron chi connectivity index (χ4n) is 3.40. The van der Waals surface area contributed by atoms with Crippen LogP contribution in [0.15, 0.2) is 60.8 Å². The molecule has 0 bridgehead atoms. The van der Waals surface area contributed by atoms with Crippen molar-refractivity contribution in [2.24, 2.45) is 0 Å². The van der Waals surface area contributed by atoms with Crippen LogP contribution < -0.4 is 9.47 Å². The number of hydrogen-bond donors (Lipinski definition) is 0. The minimum absolute atomic E-state index is 0.284. The van der Waals surface area contributed by atoms with Crippen LogP contribution in [0.3, 0.4) is 0 Å². The zero-order valence-corrected chi connectivity index (χ0v) is 15.0. The Balaban J connectivity index is 1.41. The minimum Gasteiger partial charge on any atom is -0.457 e. The van der Waals surface area contributed by atoms with Gasteiger partial charge in [-0.3, -0.25) is 4.68 Å². The second-order valence-electron chi connectivity index (χ2n) is 6.76. The molecule has 2 aromatic carbocycles. The number of alkyl halides is 3. The van der Waals surface area contributed by atoms with Crippen LogP contribution in [0.4, 0.5) is 13.2 Å². The molecule has 7 heteroatoms. The molecule has 1 aliphatic rings. The maximum absolute atomic E-state index is 12.2. The molecule has 0 atom stereocenters. The molecular formula is C21H19F3N2O2. The number of hydrogen-bond acceptors (Lipinski definition) is 3. The van der Waals surface area contributed by atoms with Crippen LogP contribution in [0.2, 0.25) is 0 Å². The van der Waals surface area contributed by atoms with Gasteiger partial charge in [0.25, 0.3) is 0 Å². The van der Waals surface area contributed by atoms with Gasteiger partial charge in [0, 0.05) is 11.8 Å². The fourth-order valence-corrected chi connectivity index (χ4v) is 3.40. The molecule has 4 rings (SSSR count). The SMILES string of the molecule is FC(F)(F)Oc1ccc(Oc2ccc(-c3ccn(C4CCCC4)n3)cc2)cc1. The first-order valence-corrected chi connectivity index (χ1v) is 9.15. The van der Waals surface area contributed by atoms with Crippen LogP contribution in [-0.2, 0) is 0 Å². The van der Waals surface area contributed by atoms with E-state index in [-0.39, 0.29) is 5.75 Å². The van der Waals surface area contributed by atoms with Crippen molar-refractivity contribution in [3.63, 3.8) is 0 Å². The van der Waals surface area contributed by atoms with Crippen molar-refractivity contribution in [1.29, 1.82) is 0 Å². The number of rotatable bonds is 5. The summed E-state index contributed by atoms with van der Waals surface area (Å²) < 4.78 is 48.2. The summed E-state index contributed by atoms with van der Waals surface area (Å²) in [5, 5.41) is 4.69. The van der Waals surface area contributed by atoms with E-state index in [4.69, 9.17) is 4.74 Å². The number of ether oxygens (including phenoxy) is 2. The van der Waals surface area contributed by atoms with Crippen LogP contribution in [0.5, 0.6) is 17.2 Å². The Morgan fingerprint density at radius 1 is 0.821 bits per heavy atom. The molecule has 0 N–H and O–H groups in total.